The van der Waals surface area contributed by atoms with E-state index in [2.05, 4.69) is 9.97 Å². The minimum absolute atomic E-state index is 0.189. The minimum atomic E-state index is -3.69. The second kappa shape index (κ2) is 6.29. The Kier molecular flexibility index (Phi) is 3.93. The zero-order chi connectivity index (χ0) is 19.0. The molecule has 0 unspecified atom stereocenters. The van der Waals surface area contributed by atoms with Gasteiger partial charge in [0.25, 0.3) is 10.0 Å². The quantitative estimate of drug-likeness (QED) is 0.562. The number of aromatic amines is 1. The molecule has 0 saturated carbocycles. The molecule has 0 bridgehead atoms. The predicted molar refractivity (Wildman–Crippen MR) is 98.8 cm³/mol. The van der Waals surface area contributed by atoms with Gasteiger partial charge < -0.3 is 15.5 Å². The highest BCUT2D eigenvalue weighted by atomic mass is 32.2. The van der Waals surface area contributed by atoms with Crippen LogP contribution < -0.4 is 10.5 Å². The smallest absolute Gasteiger partial charge is 0.408 e. The number of nitrogens with zero attached hydrogens (tertiary/aromatic N) is 2. The highest BCUT2D eigenvalue weighted by Gasteiger charge is 2.18. The van der Waals surface area contributed by atoms with Crippen LogP contribution in [0.1, 0.15) is 0 Å². The molecule has 1 amide bonds. The van der Waals surface area contributed by atoms with Crippen molar-refractivity contribution in [1.82, 2.24) is 13.9 Å². The largest absolute Gasteiger partial charge is 0.410 e. The second-order valence-electron chi connectivity index (χ2n) is 5.71. The zero-order valence-corrected chi connectivity index (χ0v) is 14.7. The molecule has 0 aliphatic rings. The monoisotopic (exact) mass is 382 g/mol. The van der Waals surface area contributed by atoms with Gasteiger partial charge in [0.1, 0.15) is 11.3 Å². The van der Waals surface area contributed by atoms with E-state index in [9.17, 15) is 13.2 Å². The van der Waals surface area contributed by atoms with Gasteiger partial charge in [-0.05, 0) is 30.3 Å². The molecular weight excluding hydrogens is 368 g/mol. The fraction of sp³-hybridized carbons (Fsp3) is 0. The Hall–Kier alpha value is -3.59. The first kappa shape index (κ1) is 16.9. The normalized spacial score (nSPS) is 11.6. The Morgan fingerprint density at radius 3 is 2.59 bits per heavy atom. The van der Waals surface area contributed by atoms with Gasteiger partial charge in [0.05, 0.1) is 10.4 Å². The number of amides is 1. The van der Waals surface area contributed by atoms with Gasteiger partial charge in [-0.3, -0.25) is 0 Å². The zero-order valence-electron chi connectivity index (χ0n) is 13.9. The van der Waals surface area contributed by atoms with Crippen molar-refractivity contribution in [2.75, 3.05) is 0 Å². The summed E-state index contributed by atoms with van der Waals surface area (Å²) in [6.07, 6.45) is 1.98. The van der Waals surface area contributed by atoms with E-state index in [1.165, 1.54) is 24.5 Å². The maximum atomic E-state index is 12.7. The van der Waals surface area contributed by atoms with Crippen LogP contribution in [-0.4, -0.2) is 28.5 Å². The first-order valence-corrected chi connectivity index (χ1v) is 9.34. The summed E-state index contributed by atoms with van der Waals surface area (Å²) in [7, 11) is -3.69. The number of hydrogen-bond acceptors (Lipinski definition) is 5. The van der Waals surface area contributed by atoms with Crippen LogP contribution in [0.2, 0.25) is 0 Å². The predicted octanol–water partition coefficient (Wildman–Crippen LogP) is 2.73. The van der Waals surface area contributed by atoms with Gasteiger partial charge in [0.15, 0.2) is 5.75 Å². The number of imidazole rings is 1. The molecule has 0 aliphatic heterocycles. The third kappa shape index (κ3) is 3.04. The summed E-state index contributed by atoms with van der Waals surface area (Å²) in [5, 5.41) is 0. The standard InChI is InChI=1S/C18H14N4O4S/c19-18(23)26-15-8-4-7-14-16(15)21-17(20-14)12-9-10-22(11-12)27(24,25)13-5-2-1-3-6-13/h1-11H,(H2,19,23)(H,20,21). The van der Waals surface area contributed by atoms with E-state index in [1.807, 2.05) is 0 Å². The van der Waals surface area contributed by atoms with Crippen LogP contribution in [0.15, 0.2) is 71.9 Å². The van der Waals surface area contributed by atoms with Crippen molar-refractivity contribution in [3.63, 3.8) is 0 Å². The molecule has 0 radical (unpaired) electrons. The molecule has 8 nitrogen and oxygen atoms in total. The summed E-state index contributed by atoms with van der Waals surface area (Å²) >= 11 is 0. The van der Waals surface area contributed by atoms with Gasteiger partial charge in [-0.1, -0.05) is 24.3 Å². The maximum Gasteiger partial charge on any atom is 0.410 e. The summed E-state index contributed by atoms with van der Waals surface area (Å²) in [6.45, 7) is 0. The molecule has 3 N–H and O–H groups in total. The van der Waals surface area contributed by atoms with E-state index in [-0.39, 0.29) is 10.6 Å². The number of nitrogens with one attached hydrogen (secondary N) is 1. The fourth-order valence-electron chi connectivity index (χ4n) is 2.71. The van der Waals surface area contributed by atoms with Crippen LogP contribution in [0.3, 0.4) is 0 Å². The number of rotatable bonds is 4. The number of primary amides is 1. The summed E-state index contributed by atoms with van der Waals surface area (Å²) in [5.41, 5.74) is 6.68. The molecule has 2 aromatic carbocycles. The average Bonchev–Trinajstić information content (AvgIpc) is 3.30. The molecule has 0 saturated heterocycles. The van der Waals surface area contributed by atoms with E-state index in [1.54, 1.807) is 42.5 Å². The SMILES string of the molecule is NC(=O)Oc1cccc2[nH]c(-c3ccn(S(=O)(=O)c4ccccc4)c3)nc12. The van der Waals surface area contributed by atoms with Crippen LogP contribution >= 0.6 is 0 Å². The number of aromatic nitrogens is 3. The number of fused-ring (bicyclic) bond motifs is 1. The van der Waals surface area contributed by atoms with E-state index in [4.69, 9.17) is 10.5 Å². The first-order valence-electron chi connectivity index (χ1n) is 7.90. The van der Waals surface area contributed by atoms with Crippen molar-refractivity contribution in [1.29, 1.82) is 0 Å². The van der Waals surface area contributed by atoms with Crippen molar-refractivity contribution in [3.8, 4) is 17.1 Å². The third-order valence-electron chi connectivity index (χ3n) is 3.95. The molecule has 0 spiro atoms. The lowest BCUT2D eigenvalue weighted by atomic mass is 10.3. The molecule has 2 heterocycles. The molecule has 27 heavy (non-hydrogen) atoms. The van der Waals surface area contributed by atoms with Gasteiger partial charge >= 0.3 is 6.09 Å². The van der Waals surface area contributed by atoms with Crippen LogP contribution in [0.5, 0.6) is 5.75 Å². The number of carbonyl (C=O) groups is 1. The number of benzene rings is 2. The summed E-state index contributed by atoms with van der Waals surface area (Å²) < 4.78 is 31.5. The lowest BCUT2D eigenvalue weighted by molar-refractivity contribution is 0.211. The molecule has 4 rings (SSSR count). The molecular formula is C18H14N4O4S. The van der Waals surface area contributed by atoms with Gasteiger partial charge in [-0.2, -0.15) is 0 Å². The van der Waals surface area contributed by atoms with Crippen molar-refractivity contribution >= 4 is 27.1 Å². The Morgan fingerprint density at radius 1 is 1.07 bits per heavy atom. The van der Waals surface area contributed by atoms with Gasteiger partial charge in [-0.15, -0.1) is 0 Å². The third-order valence-corrected chi connectivity index (χ3v) is 5.60. The van der Waals surface area contributed by atoms with Crippen molar-refractivity contribution in [2.45, 2.75) is 4.90 Å². The van der Waals surface area contributed by atoms with E-state index >= 15 is 0 Å². The van der Waals surface area contributed by atoms with Gasteiger partial charge in [-0.25, -0.2) is 22.2 Å². The van der Waals surface area contributed by atoms with Crippen LogP contribution in [0.25, 0.3) is 22.4 Å². The summed E-state index contributed by atoms with van der Waals surface area (Å²) in [5.74, 6) is 0.659. The molecule has 0 atom stereocenters. The molecule has 9 heteroatoms. The van der Waals surface area contributed by atoms with Crippen molar-refractivity contribution < 1.29 is 17.9 Å². The number of hydrogen-bond donors (Lipinski definition) is 2. The molecule has 0 aliphatic carbocycles. The van der Waals surface area contributed by atoms with Crippen molar-refractivity contribution in [2.24, 2.45) is 5.73 Å². The van der Waals surface area contributed by atoms with E-state index in [0.717, 1.165) is 3.97 Å². The van der Waals surface area contributed by atoms with Crippen molar-refractivity contribution in [3.05, 3.63) is 67.0 Å². The van der Waals surface area contributed by atoms with Gasteiger partial charge in [0, 0.05) is 18.0 Å². The first-order chi connectivity index (χ1) is 12.9. The number of ether oxygens (including phenoxy) is 1. The lowest BCUT2D eigenvalue weighted by Crippen LogP contribution is -2.16. The highest BCUT2D eigenvalue weighted by molar-refractivity contribution is 7.90. The Balaban J connectivity index is 1.75. The minimum Gasteiger partial charge on any atom is -0.408 e. The molecule has 0 fully saturated rings. The number of H-pyrrole nitrogens is 1. The molecule has 4 aromatic rings. The Morgan fingerprint density at radius 2 is 1.85 bits per heavy atom. The Bertz CT molecular complexity index is 1240. The maximum absolute atomic E-state index is 12.7. The molecule has 2 aromatic heterocycles. The van der Waals surface area contributed by atoms with Crippen LogP contribution in [0, 0.1) is 0 Å². The summed E-state index contributed by atoms with van der Waals surface area (Å²) in [6, 6.07) is 14.8. The lowest BCUT2D eigenvalue weighted by Gasteiger charge is -2.04. The molecule has 136 valence electrons. The van der Waals surface area contributed by atoms with E-state index < -0.39 is 16.1 Å². The Labute approximate surface area is 154 Å². The second-order valence-corrected chi connectivity index (χ2v) is 7.55. The van der Waals surface area contributed by atoms with Crippen LogP contribution in [0.4, 0.5) is 4.79 Å². The number of carbonyl (C=O) groups excluding carboxylic acids is 1. The average molecular weight is 382 g/mol. The topological polar surface area (TPSA) is 120 Å². The van der Waals surface area contributed by atoms with Crippen LogP contribution in [-0.2, 0) is 10.0 Å². The van der Waals surface area contributed by atoms with E-state index in [0.29, 0.717) is 22.4 Å². The fourth-order valence-corrected chi connectivity index (χ4v) is 3.93. The van der Waals surface area contributed by atoms with Gasteiger partial charge in [0.2, 0.25) is 0 Å². The highest BCUT2D eigenvalue weighted by Crippen LogP contribution is 2.28. The number of nitrogens with two attached hydrogens (primary N) is 1. The number of para-hydroxylation sites is 1. The summed E-state index contributed by atoms with van der Waals surface area (Å²) in [4.78, 5) is 18.7.